The van der Waals surface area contributed by atoms with Crippen LogP contribution in [-0.4, -0.2) is 0 Å². The Labute approximate surface area is 94.4 Å². The van der Waals surface area contributed by atoms with Crippen LogP contribution < -0.4 is 4.57 Å². The number of aryl methyl sites for hydroxylation is 1. The number of hydrogen-bond donors (Lipinski definition) is 0. The van der Waals surface area contributed by atoms with Gasteiger partial charge in [-0.05, 0) is 18.4 Å². The molecule has 76 valence electrons. The average molecular weight is 216 g/mol. The molecule has 0 spiro atoms. The van der Waals surface area contributed by atoms with Crippen molar-refractivity contribution in [2.75, 3.05) is 0 Å². The summed E-state index contributed by atoms with van der Waals surface area (Å²) >= 11 is 1.86. The zero-order valence-corrected chi connectivity index (χ0v) is 9.68. The Balaban J connectivity index is 2.59. The molecule has 0 radical (unpaired) electrons. The van der Waals surface area contributed by atoms with Crippen LogP contribution in [0.25, 0.3) is 10.2 Å². The molecular formula is C13H14NS+. The number of fused-ring (bicyclic) bond motifs is 1. The molecule has 0 aliphatic heterocycles. The Morgan fingerprint density at radius 1 is 1.40 bits per heavy atom. The van der Waals surface area contributed by atoms with Crippen molar-refractivity contribution in [1.82, 2.24) is 0 Å². The Kier molecular flexibility index (Phi) is 3.03. The fourth-order valence-electron chi connectivity index (χ4n) is 1.75. The monoisotopic (exact) mass is 216 g/mol. The summed E-state index contributed by atoms with van der Waals surface area (Å²) < 4.78 is 3.58. The molecule has 1 heterocycles. The van der Waals surface area contributed by atoms with E-state index in [2.05, 4.69) is 41.7 Å². The highest BCUT2D eigenvalue weighted by Crippen LogP contribution is 2.20. The van der Waals surface area contributed by atoms with Gasteiger partial charge in [-0.15, -0.1) is 6.42 Å². The van der Waals surface area contributed by atoms with Gasteiger partial charge in [0.05, 0.1) is 0 Å². The van der Waals surface area contributed by atoms with Crippen molar-refractivity contribution in [3.8, 4) is 12.3 Å². The first-order chi connectivity index (χ1) is 7.36. The molecule has 0 N–H and O–H groups in total. The molecule has 1 aromatic carbocycles. The van der Waals surface area contributed by atoms with Crippen LogP contribution in [0.3, 0.4) is 0 Å². The second-order valence-corrected chi connectivity index (χ2v) is 4.62. The topological polar surface area (TPSA) is 3.88 Å². The molecule has 2 aromatic rings. The Bertz CT molecular complexity index is 505. The molecular weight excluding hydrogens is 202 g/mol. The van der Waals surface area contributed by atoms with Crippen LogP contribution in [0.15, 0.2) is 24.3 Å². The number of terminal acetylenes is 1. The molecule has 0 saturated heterocycles. The highest BCUT2D eigenvalue weighted by atomic mass is 32.1. The number of hydrogen-bond acceptors (Lipinski definition) is 1. The van der Waals surface area contributed by atoms with Gasteiger partial charge in [-0.25, -0.2) is 0 Å². The lowest BCUT2D eigenvalue weighted by Gasteiger charge is -1.92. The van der Waals surface area contributed by atoms with Gasteiger partial charge < -0.3 is 0 Å². The first-order valence-corrected chi connectivity index (χ1v) is 6.02. The fourth-order valence-corrected chi connectivity index (χ4v) is 3.01. The van der Waals surface area contributed by atoms with Crippen molar-refractivity contribution in [2.45, 2.75) is 26.3 Å². The molecule has 0 fully saturated rings. The Hall–Kier alpha value is -1.33. The maximum atomic E-state index is 5.41. The zero-order chi connectivity index (χ0) is 10.7. The fraction of sp³-hybridized carbons (Fsp3) is 0.308. The number of aromatic nitrogens is 1. The predicted molar refractivity (Wildman–Crippen MR) is 64.8 cm³/mol. The van der Waals surface area contributed by atoms with Crippen molar-refractivity contribution in [2.24, 2.45) is 0 Å². The molecule has 2 heteroatoms. The number of para-hydroxylation sites is 1. The smallest absolute Gasteiger partial charge is 0.174 e. The lowest BCUT2D eigenvalue weighted by atomic mass is 10.3. The van der Waals surface area contributed by atoms with Crippen LogP contribution in [-0.2, 0) is 13.0 Å². The summed E-state index contributed by atoms with van der Waals surface area (Å²) in [7, 11) is 0. The van der Waals surface area contributed by atoms with E-state index < -0.39 is 0 Å². The zero-order valence-electron chi connectivity index (χ0n) is 8.86. The minimum atomic E-state index is 0.680. The number of thiazole rings is 1. The minimum Gasteiger partial charge on any atom is -0.174 e. The Morgan fingerprint density at radius 2 is 2.20 bits per heavy atom. The largest absolute Gasteiger partial charge is 0.239 e. The van der Waals surface area contributed by atoms with Gasteiger partial charge >= 0.3 is 0 Å². The molecule has 0 aliphatic rings. The van der Waals surface area contributed by atoms with Crippen molar-refractivity contribution in [3.63, 3.8) is 0 Å². The Morgan fingerprint density at radius 3 is 2.93 bits per heavy atom. The SMILES string of the molecule is C#CC[n+]1c(CCC)sc2ccccc21. The van der Waals surface area contributed by atoms with Crippen molar-refractivity contribution in [3.05, 3.63) is 29.3 Å². The van der Waals surface area contributed by atoms with E-state index in [0.717, 1.165) is 12.8 Å². The molecule has 0 unspecified atom stereocenters. The molecule has 0 bridgehead atoms. The lowest BCUT2D eigenvalue weighted by Crippen LogP contribution is -2.35. The standard InChI is InChI=1S/C13H14NS/c1-3-7-13-14(10-4-2)11-8-5-6-9-12(11)15-13/h2,5-6,8-9H,3,7,10H2,1H3/q+1. The van der Waals surface area contributed by atoms with Crippen LogP contribution >= 0.6 is 11.3 Å². The molecule has 1 aromatic heterocycles. The maximum Gasteiger partial charge on any atom is 0.239 e. The van der Waals surface area contributed by atoms with Gasteiger partial charge in [0.25, 0.3) is 0 Å². The van der Waals surface area contributed by atoms with Gasteiger partial charge in [0.2, 0.25) is 17.1 Å². The summed E-state index contributed by atoms with van der Waals surface area (Å²) in [6.45, 7) is 2.88. The summed E-state index contributed by atoms with van der Waals surface area (Å²) in [5, 5.41) is 1.39. The van der Waals surface area contributed by atoms with E-state index in [9.17, 15) is 0 Å². The molecule has 15 heavy (non-hydrogen) atoms. The van der Waals surface area contributed by atoms with Gasteiger partial charge in [-0.3, -0.25) is 0 Å². The van der Waals surface area contributed by atoms with Crippen LogP contribution in [0.1, 0.15) is 18.4 Å². The van der Waals surface area contributed by atoms with Gasteiger partial charge in [0.1, 0.15) is 4.70 Å². The number of rotatable bonds is 3. The summed E-state index contributed by atoms with van der Waals surface area (Å²) in [6, 6.07) is 8.45. The van der Waals surface area contributed by atoms with Crippen molar-refractivity contribution in [1.29, 1.82) is 0 Å². The van der Waals surface area contributed by atoms with Crippen molar-refractivity contribution < 1.29 is 4.57 Å². The molecule has 0 amide bonds. The second kappa shape index (κ2) is 4.46. The maximum absolute atomic E-state index is 5.41. The van der Waals surface area contributed by atoms with E-state index in [4.69, 9.17) is 6.42 Å². The van der Waals surface area contributed by atoms with E-state index in [1.54, 1.807) is 0 Å². The van der Waals surface area contributed by atoms with E-state index in [0.29, 0.717) is 6.54 Å². The minimum absolute atomic E-state index is 0.680. The summed E-state index contributed by atoms with van der Waals surface area (Å²) in [5.41, 5.74) is 1.27. The van der Waals surface area contributed by atoms with Crippen LogP contribution in [0.2, 0.25) is 0 Å². The lowest BCUT2D eigenvalue weighted by molar-refractivity contribution is -0.661. The molecule has 2 rings (SSSR count). The van der Waals surface area contributed by atoms with E-state index in [-0.39, 0.29) is 0 Å². The molecule has 0 aliphatic carbocycles. The van der Waals surface area contributed by atoms with Crippen LogP contribution in [0.5, 0.6) is 0 Å². The molecule has 1 nitrogen and oxygen atoms in total. The van der Waals surface area contributed by atoms with Crippen LogP contribution in [0.4, 0.5) is 0 Å². The third-order valence-corrected chi connectivity index (χ3v) is 3.62. The second-order valence-electron chi connectivity index (χ2n) is 3.50. The van der Waals surface area contributed by atoms with E-state index in [1.165, 1.54) is 15.2 Å². The van der Waals surface area contributed by atoms with E-state index >= 15 is 0 Å². The summed E-state index contributed by atoms with van der Waals surface area (Å²) in [5.74, 6) is 2.73. The quantitative estimate of drug-likeness (QED) is 0.548. The first kappa shape index (κ1) is 10.2. The average Bonchev–Trinajstić information content (AvgIpc) is 2.59. The molecule has 0 saturated carbocycles. The predicted octanol–water partition coefficient (Wildman–Crippen LogP) is 2.77. The normalized spacial score (nSPS) is 10.4. The van der Waals surface area contributed by atoms with Crippen LogP contribution in [0, 0.1) is 12.3 Å². The number of benzene rings is 1. The van der Waals surface area contributed by atoms with Gasteiger partial charge in [0, 0.05) is 12.5 Å². The highest BCUT2D eigenvalue weighted by molar-refractivity contribution is 7.18. The van der Waals surface area contributed by atoms with Crippen molar-refractivity contribution >= 4 is 21.6 Å². The first-order valence-electron chi connectivity index (χ1n) is 5.20. The number of nitrogens with zero attached hydrogens (tertiary/aromatic N) is 1. The van der Waals surface area contributed by atoms with E-state index in [1.807, 2.05) is 11.3 Å². The highest BCUT2D eigenvalue weighted by Gasteiger charge is 2.17. The third-order valence-electron chi connectivity index (χ3n) is 2.40. The molecule has 0 atom stereocenters. The van der Waals surface area contributed by atoms with Gasteiger partial charge in [-0.2, -0.15) is 4.57 Å². The van der Waals surface area contributed by atoms with Gasteiger partial charge in [0.15, 0.2) is 0 Å². The third kappa shape index (κ3) is 1.88. The summed E-state index contributed by atoms with van der Waals surface area (Å²) in [4.78, 5) is 0. The van der Waals surface area contributed by atoms with Gasteiger partial charge in [-0.1, -0.05) is 30.4 Å². The summed E-state index contributed by atoms with van der Waals surface area (Å²) in [6.07, 6.45) is 7.69.